The van der Waals surface area contributed by atoms with Gasteiger partial charge in [0.25, 0.3) is 0 Å². The lowest BCUT2D eigenvalue weighted by molar-refractivity contribution is 0.117. The Morgan fingerprint density at radius 3 is 3.06 bits per heavy atom. The number of aromatic nitrogens is 2. The van der Waals surface area contributed by atoms with E-state index in [0.29, 0.717) is 5.92 Å². The first-order valence-electron chi connectivity index (χ1n) is 6.11. The highest BCUT2D eigenvalue weighted by Gasteiger charge is 2.26. The number of hydrogen-bond acceptors (Lipinski definition) is 2. The highest BCUT2D eigenvalue weighted by molar-refractivity contribution is 9.10. The van der Waals surface area contributed by atoms with Crippen LogP contribution in [0.15, 0.2) is 10.7 Å². The number of aliphatic hydroxyl groups excluding tert-OH is 1. The molecule has 1 aliphatic rings. The molecule has 0 radical (unpaired) electrons. The predicted molar refractivity (Wildman–Crippen MR) is 67.4 cm³/mol. The van der Waals surface area contributed by atoms with E-state index in [1.807, 2.05) is 6.20 Å². The van der Waals surface area contributed by atoms with Gasteiger partial charge in [-0.15, -0.1) is 0 Å². The number of aliphatic hydroxyl groups is 1. The summed E-state index contributed by atoms with van der Waals surface area (Å²) in [6.07, 6.45) is 6.98. The number of rotatable bonds is 3. The van der Waals surface area contributed by atoms with Crippen LogP contribution in [0.1, 0.15) is 50.6 Å². The van der Waals surface area contributed by atoms with E-state index >= 15 is 0 Å². The molecule has 0 bridgehead atoms. The van der Waals surface area contributed by atoms with E-state index in [0.717, 1.165) is 36.7 Å². The second-order valence-corrected chi connectivity index (χ2v) is 5.47. The maximum Gasteiger partial charge on any atom is 0.0635 e. The monoisotopic (exact) mass is 286 g/mol. The Kier molecular flexibility index (Phi) is 4.03. The largest absolute Gasteiger partial charge is 0.393 e. The molecule has 0 aromatic carbocycles. The molecule has 0 amide bonds. The van der Waals surface area contributed by atoms with Gasteiger partial charge in [0.1, 0.15) is 0 Å². The summed E-state index contributed by atoms with van der Waals surface area (Å²) in [4.78, 5) is 0. The molecule has 90 valence electrons. The molecule has 2 unspecified atom stereocenters. The van der Waals surface area contributed by atoms with Gasteiger partial charge in [0.2, 0.25) is 0 Å². The van der Waals surface area contributed by atoms with Gasteiger partial charge in [0.15, 0.2) is 0 Å². The van der Waals surface area contributed by atoms with Crippen LogP contribution in [0, 0.1) is 0 Å². The Labute approximate surface area is 105 Å². The quantitative estimate of drug-likeness (QED) is 0.927. The molecule has 2 rings (SSSR count). The average molecular weight is 287 g/mol. The molecule has 0 saturated heterocycles. The van der Waals surface area contributed by atoms with Crippen molar-refractivity contribution in [2.24, 2.45) is 0 Å². The summed E-state index contributed by atoms with van der Waals surface area (Å²) in [6.45, 7) is 3.13. The van der Waals surface area contributed by atoms with Crippen molar-refractivity contribution in [2.45, 2.75) is 57.6 Å². The third-order valence-electron chi connectivity index (χ3n) is 3.30. The number of aryl methyl sites for hydroxylation is 1. The van der Waals surface area contributed by atoms with Crippen LogP contribution in [-0.4, -0.2) is 21.0 Å². The van der Waals surface area contributed by atoms with Gasteiger partial charge in [-0.1, -0.05) is 13.3 Å². The van der Waals surface area contributed by atoms with E-state index in [-0.39, 0.29) is 6.10 Å². The zero-order valence-electron chi connectivity index (χ0n) is 9.69. The van der Waals surface area contributed by atoms with Crippen LogP contribution in [0.2, 0.25) is 0 Å². The Morgan fingerprint density at radius 1 is 1.56 bits per heavy atom. The van der Waals surface area contributed by atoms with Gasteiger partial charge in [0, 0.05) is 12.5 Å². The van der Waals surface area contributed by atoms with Gasteiger partial charge >= 0.3 is 0 Å². The normalized spacial score (nSPS) is 25.9. The van der Waals surface area contributed by atoms with Crippen molar-refractivity contribution in [3.63, 3.8) is 0 Å². The molecule has 1 heterocycles. The van der Waals surface area contributed by atoms with Crippen LogP contribution in [0.5, 0.6) is 0 Å². The SMILES string of the molecule is CCCn1ncc(Br)c1C1CCCC(O)C1. The predicted octanol–water partition coefficient (Wildman–Crippen LogP) is 3.07. The molecule has 1 aromatic heterocycles. The lowest BCUT2D eigenvalue weighted by Crippen LogP contribution is -2.21. The zero-order chi connectivity index (χ0) is 11.5. The summed E-state index contributed by atoms with van der Waals surface area (Å²) in [6, 6.07) is 0. The topological polar surface area (TPSA) is 38.0 Å². The first-order valence-corrected chi connectivity index (χ1v) is 6.91. The number of halogens is 1. The van der Waals surface area contributed by atoms with Crippen LogP contribution < -0.4 is 0 Å². The number of nitrogens with zero attached hydrogens (tertiary/aromatic N) is 2. The first kappa shape index (κ1) is 12.1. The lowest BCUT2D eigenvalue weighted by atomic mass is 9.85. The summed E-state index contributed by atoms with van der Waals surface area (Å²) in [7, 11) is 0. The zero-order valence-corrected chi connectivity index (χ0v) is 11.3. The standard InChI is InChI=1S/C12H19BrN2O/c1-2-6-15-12(11(13)8-14-15)9-4-3-5-10(16)7-9/h8-10,16H,2-7H2,1H3. The highest BCUT2D eigenvalue weighted by Crippen LogP contribution is 2.36. The fourth-order valence-corrected chi connectivity index (χ4v) is 3.20. The molecular formula is C12H19BrN2O. The molecule has 3 nitrogen and oxygen atoms in total. The molecular weight excluding hydrogens is 268 g/mol. The van der Waals surface area contributed by atoms with E-state index in [2.05, 4.69) is 32.6 Å². The van der Waals surface area contributed by atoms with E-state index < -0.39 is 0 Å². The maximum absolute atomic E-state index is 9.75. The second-order valence-electron chi connectivity index (χ2n) is 4.62. The minimum Gasteiger partial charge on any atom is -0.393 e. The molecule has 0 spiro atoms. The Morgan fingerprint density at radius 2 is 2.38 bits per heavy atom. The van der Waals surface area contributed by atoms with E-state index in [1.165, 1.54) is 12.1 Å². The average Bonchev–Trinajstić information content (AvgIpc) is 2.60. The summed E-state index contributed by atoms with van der Waals surface area (Å²) in [5, 5.41) is 14.1. The molecule has 1 saturated carbocycles. The molecule has 2 atom stereocenters. The number of hydrogen-bond donors (Lipinski definition) is 1. The van der Waals surface area contributed by atoms with Crippen molar-refractivity contribution in [1.82, 2.24) is 9.78 Å². The van der Waals surface area contributed by atoms with Crippen LogP contribution in [0.25, 0.3) is 0 Å². The second kappa shape index (κ2) is 5.32. The van der Waals surface area contributed by atoms with Crippen LogP contribution in [0.3, 0.4) is 0 Å². The van der Waals surface area contributed by atoms with Gasteiger partial charge in [-0.05, 0) is 41.6 Å². The van der Waals surface area contributed by atoms with Crippen molar-refractivity contribution in [3.05, 3.63) is 16.4 Å². The molecule has 1 fully saturated rings. The summed E-state index contributed by atoms with van der Waals surface area (Å²) in [5.74, 6) is 0.465. The summed E-state index contributed by atoms with van der Waals surface area (Å²) < 4.78 is 3.19. The molecule has 4 heteroatoms. The summed E-state index contributed by atoms with van der Waals surface area (Å²) >= 11 is 3.58. The van der Waals surface area contributed by atoms with E-state index in [1.54, 1.807) is 0 Å². The Balaban J connectivity index is 2.20. The smallest absolute Gasteiger partial charge is 0.0635 e. The Hall–Kier alpha value is -0.350. The minimum absolute atomic E-state index is 0.129. The van der Waals surface area contributed by atoms with Crippen molar-refractivity contribution in [2.75, 3.05) is 0 Å². The van der Waals surface area contributed by atoms with Gasteiger partial charge in [-0.25, -0.2) is 0 Å². The van der Waals surface area contributed by atoms with Crippen molar-refractivity contribution in [1.29, 1.82) is 0 Å². The van der Waals surface area contributed by atoms with Gasteiger partial charge < -0.3 is 5.11 Å². The molecule has 1 aromatic rings. The molecule has 16 heavy (non-hydrogen) atoms. The van der Waals surface area contributed by atoms with Gasteiger partial charge in [0.05, 0.1) is 22.5 Å². The van der Waals surface area contributed by atoms with Crippen molar-refractivity contribution < 1.29 is 5.11 Å². The van der Waals surface area contributed by atoms with E-state index in [9.17, 15) is 5.11 Å². The Bertz CT molecular complexity index is 351. The van der Waals surface area contributed by atoms with Crippen molar-refractivity contribution in [3.8, 4) is 0 Å². The third-order valence-corrected chi connectivity index (χ3v) is 3.91. The van der Waals surface area contributed by atoms with Crippen LogP contribution in [0.4, 0.5) is 0 Å². The van der Waals surface area contributed by atoms with Crippen molar-refractivity contribution >= 4 is 15.9 Å². The fraction of sp³-hybridized carbons (Fsp3) is 0.750. The van der Waals surface area contributed by atoms with Crippen LogP contribution >= 0.6 is 15.9 Å². The maximum atomic E-state index is 9.75. The third kappa shape index (κ3) is 2.48. The first-order chi connectivity index (χ1) is 7.72. The lowest BCUT2D eigenvalue weighted by Gasteiger charge is -2.26. The molecule has 0 aliphatic heterocycles. The minimum atomic E-state index is -0.129. The van der Waals surface area contributed by atoms with Gasteiger partial charge in [-0.2, -0.15) is 5.10 Å². The summed E-state index contributed by atoms with van der Waals surface area (Å²) in [5.41, 5.74) is 1.28. The fourth-order valence-electron chi connectivity index (χ4n) is 2.58. The van der Waals surface area contributed by atoms with Gasteiger partial charge in [-0.3, -0.25) is 4.68 Å². The van der Waals surface area contributed by atoms with Crippen LogP contribution in [-0.2, 0) is 6.54 Å². The highest BCUT2D eigenvalue weighted by atomic mass is 79.9. The molecule has 1 aliphatic carbocycles. The van der Waals surface area contributed by atoms with E-state index in [4.69, 9.17) is 0 Å². The molecule has 1 N–H and O–H groups in total.